The van der Waals surface area contributed by atoms with Gasteiger partial charge in [-0.05, 0) is 34.1 Å². The van der Waals surface area contributed by atoms with Crippen LogP contribution in [-0.4, -0.2) is 28.5 Å². The minimum atomic E-state index is 0.624. The maximum atomic E-state index is 5.14. The first-order valence-corrected chi connectivity index (χ1v) is 8.30. The Balaban J connectivity index is 2.46. The van der Waals surface area contributed by atoms with Gasteiger partial charge >= 0.3 is 0 Å². The summed E-state index contributed by atoms with van der Waals surface area (Å²) in [5.41, 5.74) is 1.01. The molecule has 102 valence electrons. The van der Waals surface area contributed by atoms with E-state index in [1.54, 1.807) is 7.11 Å². The number of benzene rings is 1. The van der Waals surface area contributed by atoms with Crippen LogP contribution < -0.4 is 0 Å². The SMILES string of the molecule is COCCn1c(CBr)nnc1-c1ccc(Br)cc1Br. The van der Waals surface area contributed by atoms with Gasteiger partial charge in [0.2, 0.25) is 0 Å². The van der Waals surface area contributed by atoms with E-state index in [1.807, 2.05) is 18.2 Å². The zero-order valence-electron chi connectivity index (χ0n) is 10.2. The van der Waals surface area contributed by atoms with Crippen LogP contribution in [-0.2, 0) is 16.6 Å². The topological polar surface area (TPSA) is 39.9 Å². The molecule has 2 rings (SSSR count). The van der Waals surface area contributed by atoms with Gasteiger partial charge < -0.3 is 9.30 Å². The molecule has 4 nitrogen and oxygen atoms in total. The van der Waals surface area contributed by atoms with Crippen LogP contribution in [0.25, 0.3) is 11.4 Å². The number of rotatable bonds is 5. The van der Waals surface area contributed by atoms with Crippen molar-refractivity contribution in [3.63, 3.8) is 0 Å². The summed E-state index contributed by atoms with van der Waals surface area (Å²) >= 11 is 10.4. The van der Waals surface area contributed by atoms with Crippen molar-refractivity contribution in [2.24, 2.45) is 0 Å². The Kier molecular flexibility index (Phi) is 5.56. The molecule has 0 saturated carbocycles. The number of aromatic nitrogens is 3. The highest BCUT2D eigenvalue weighted by molar-refractivity contribution is 9.11. The number of alkyl halides is 1. The zero-order chi connectivity index (χ0) is 13.8. The number of methoxy groups -OCH3 is 1. The van der Waals surface area contributed by atoms with E-state index in [2.05, 4.69) is 62.6 Å². The van der Waals surface area contributed by atoms with E-state index in [0.29, 0.717) is 11.9 Å². The molecule has 1 aromatic heterocycles. The molecule has 0 radical (unpaired) electrons. The number of ether oxygens (including phenoxy) is 1. The average molecular weight is 454 g/mol. The van der Waals surface area contributed by atoms with Crippen molar-refractivity contribution >= 4 is 47.8 Å². The van der Waals surface area contributed by atoms with Gasteiger partial charge in [-0.15, -0.1) is 10.2 Å². The lowest BCUT2D eigenvalue weighted by molar-refractivity contribution is 0.187. The monoisotopic (exact) mass is 451 g/mol. The van der Waals surface area contributed by atoms with E-state index >= 15 is 0 Å². The van der Waals surface area contributed by atoms with Crippen molar-refractivity contribution in [3.05, 3.63) is 33.0 Å². The number of hydrogen-bond donors (Lipinski definition) is 0. The van der Waals surface area contributed by atoms with Gasteiger partial charge in [-0.25, -0.2) is 0 Å². The van der Waals surface area contributed by atoms with Gasteiger partial charge in [-0.3, -0.25) is 0 Å². The minimum Gasteiger partial charge on any atom is -0.383 e. The predicted octanol–water partition coefficient (Wildman–Crippen LogP) is 4.01. The Hall–Kier alpha value is -0.240. The van der Waals surface area contributed by atoms with Crippen LogP contribution in [0.5, 0.6) is 0 Å². The Morgan fingerprint density at radius 2 is 2.05 bits per heavy atom. The van der Waals surface area contributed by atoms with Crippen LogP contribution in [0.1, 0.15) is 5.82 Å². The van der Waals surface area contributed by atoms with Crippen molar-refractivity contribution in [1.82, 2.24) is 14.8 Å². The molecule has 0 atom stereocenters. The third-order valence-corrected chi connectivity index (χ3v) is 4.29. The molecule has 19 heavy (non-hydrogen) atoms. The highest BCUT2D eigenvalue weighted by atomic mass is 79.9. The standard InChI is InChI=1S/C12H12Br3N3O/c1-19-5-4-18-11(7-13)16-17-12(18)9-3-2-8(14)6-10(9)15/h2-3,6H,4-5,7H2,1H3. The third kappa shape index (κ3) is 3.45. The summed E-state index contributed by atoms with van der Waals surface area (Å²) in [7, 11) is 1.69. The maximum absolute atomic E-state index is 5.14. The average Bonchev–Trinajstić information content (AvgIpc) is 2.79. The molecule has 7 heteroatoms. The van der Waals surface area contributed by atoms with Gasteiger partial charge in [0.1, 0.15) is 5.82 Å². The molecule has 2 aromatic rings. The van der Waals surface area contributed by atoms with E-state index in [9.17, 15) is 0 Å². The highest BCUT2D eigenvalue weighted by Gasteiger charge is 2.15. The normalized spacial score (nSPS) is 10.9. The summed E-state index contributed by atoms with van der Waals surface area (Å²) < 4.78 is 9.21. The van der Waals surface area contributed by atoms with Crippen LogP contribution in [0.2, 0.25) is 0 Å². The predicted molar refractivity (Wildman–Crippen MR) is 85.4 cm³/mol. The molecule has 0 bridgehead atoms. The summed E-state index contributed by atoms with van der Waals surface area (Å²) in [5, 5.41) is 9.15. The lowest BCUT2D eigenvalue weighted by Crippen LogP contribution is -2.09. The molecule has 0 unspecified atom stereocenters. The minimum absolute atomic E-state index is 0.624. The molecule has 0 fully saturated rings. The van der Waals surface area contributed by atoms with Gasteiger partial charge in [0.05, 0.1) is 11.9 Å². The Bertz CT molecular complexity index is 571. The lowest BCUT2D eigenvalue weighted by atomic mass is 10.2. The molecule has 0 spiro atoms. The molecular weight excluding hydrogens is 442 g/mol. The Labute approximate surface area is 136 Å². The Morgan fingerprint density at radius 3 is 2.68 bits per heavy atom. The van der Waals surface area contributed by atoms with Crippen LogP contribution in [0.15, 0.2) is 27.1 Å². The fourth-order valence-electron chi connectivity index (χ4n) is 1.72. The first kappa shape index (κ1) is 15.2. The molecule has 0 N–H and O–H groups in total. The number of halogens is 3. The van der Waals surface area contributed by atoms with Gasteiger partial charge in [-0.1, -0.05) is 31.9 Å². The summed E-state index contributed by atoms with van der Waals surface area (Å²) in [5.74, 6) is 1.73. The third-order valence-electron chi connectivity index (χ3n) is 2.64. The maximum Gasteiger partial charge on any atom is 0.165 e. The van der Waals surface area contributed by atoms with Crippen molar-refractivity contribution in [3.8, 4) is 11.4 Å². The van der Waals surface area contributed by atoms with Crippen molar-refractivity contribution in [2.75, 3.05) is 13.7 Å². The summed E-state index contributed by atoms with van der Waals surface area (Å²) in [6.45, 7) is 1.35. The first-order valence-electron chi connectivity index (χ1n) is 5.59. The van der Waals surface area contributed by atoms with E-state index in [1.165, 1.54) is 0 Å². The molecule has 1 aromatic carbocycles. The fourth-order valence-corrected chi connectivity index (χ4v) is 3.36. The lowest BCUT2D eigenvalue weighted by Gasteiger charge is -2.10. The van der Waals surface area contributed by atoms with E-state index in [0.717, 1.165) is 32.7 Å². The largest absolute Gasteiger partial charge is 0.383 e. The van der Waals surface area contributed by atoms with Crippen molar-refractivity contribution in [2.45, 2.75) is 11.9 Å². The first-order chi connectivity index (χ1) is 9.17. The molecule has 0 aliphatic rings. The van der Waals surface area contributed by atoms with Crippen molar-refractivity contribution in [1.29, 1.82) is 0 Å². The van der Waals surface area contributed by atoms with Gasteiger partial charge in [-0.2, -0.15) is 0 Å². The van der Waals surface area contributed by atoms with Gasteiger partial charge in [0, 0.05) is 28.2 Å². The van der Waals surface area contributed by atoms with E-state index < -0.39 is 0 Å². The second-order valence-corrected chi connectivity index (χ2v) is 6.17. The zero-order valence-corrected chi connectivity index (χ0v) is 15.0. The molecular formula is C12H12Br3N3O. The second-order valence-electron chi connectivity index (χ2n) is 3.84. The molecule has 0 amide bonds. The van der Waals surface area contributed by atoms with Crippen LogP contribution in [0.4, 0.5) is 0 Å². The smallest absolute Gasteiger partial charge is 0.165 e. The molecule has 1 heterocycles. The summed E-state index contributed by atoms with van der Waals surface area (Å²) in [4.78, 5) is 0. The van der Waals surface area contributed by atoms with Gasteiger partial charge in [0.15, 0.2) is 5.82 Å². The highest BCUT2D eigenvalue weighted by Crippen LogP contribution is 2.30. The molecule has 0 saturated heterocycles. The quantitative estimate of drug-likeness (QED) is 0.642. The van der Waals surface area contributed by atoms with Gasteiger partial charge in [0.25, 0.3) is 0 Å². The Morgan fingerprint density at radius 1 is 1.26 bits per heavy atom. The van der Waals surface area contributed by atoms with Crippen LogP contribution in [0, 0.1) is 0 Å². The van der Waals surface area contributed by atoms with Crippen LogP contribution >= 0.6 is 47.8 Å². The second kappa shape index (κ2) is 6.97. The number of hydrogen-bond acceptors (Lipinski definition) is 3. The number of nitrogens with zero attached hydrogens (tertiary/aromatic N) is 3. The van der Waals surface area contributed by atoms with E-state index in [4.69, 9.17) is 4.74 Å². The molecule has 0 aliphatic carbocycles. The van der Waals surface area contributed by atoms with Crippen molar-refractivity contribution < 1.29 is 4.74 Å². The summed E-state index contributed by atoms with van der Waals surface area (Å²) in [6, 6.07) is 6.00. The van der Waals surface area contributed by atoms with Crippen LogP contribution in [0.3, 0.4) is 0 Å². The van der Waals surface area contributed by atoms with E-state index in [-0.39, 0.29) is 0 Å². The summed E-state index contributed by atoms with van der Waals surface area (Å²) in [6.07, 6.45) is 0. The molecule has 0 aliphatic heterocycles. The fraction of sp³-hybridized carbons (Fsp3) is 0.333.